The van der Waals surface area contributed by atoms with Gasteiger partial charge in [-0.1, -0.05) is 64.7 Å². The van der Waals surface area contributed by atoms with E-state index in [0.29, 0.717) is 42.9 Å². The summed E-state index contributed by atoms with van der Waals surface area (Å²) in [5.74, 6) is -2.72. The van der Waals surface area contributed by atoms with Crippen molar-refractivity contribution in [1.29, 1.82) is 0 Å². The molecule has 4 rings (SSSR count). The van der Waals surface area contributed by atoms with E-state index in [2.05, 4.69) is 29.1 Å². The van der Waals surface area contributed by atoms with Gasteiger partial charge >= 0.3 is 5.97 Å². The first-order valence-corrected chi connectivity index (χ1v) is 14.8. The summed E-state index contributed by atoms with van der Waals surface area (Å²) in [6.45, 7) is 8.29. The Morgan fingerprint density at radius 3 is 2.67 bits per heavy atom. The molecule has 0 aromatic heterocycles. The highest BCUT2D eigenvalue weighted by molar-refractivity contribution is 9.09. The summed E-state index contributed by atoms with van der Waals surface area (Å²) in [6.07, 6.45) is 6.55. The van der Waals surface area contributed by atoms with Crippen molar-refractivity contribution in [2.24, 2.45) is 11.8 Å². The number of unbranched alkanes of at least 4 members (excludes halogenated alkanes) is 3. The Morgan fingerprint density at radius 1 is 1.23 bits per heavy atom. The lowest BCUT2D eigenvalue weighted by atomic mass is 9.70. The largest absolute Gasteiger partial charge is 0.465 e. The van der Waals surface area contributed by atoms with Crippen molar-refractivity contribution >= 4 is 51.0 Å². The number of rotatable bonds is 14. The van der Waals surface area contributed by atoms with E-state index in [1.54, 1.807) is 46.2 Å². The Balaban J connectivity index is 1.71. The number of aliphatic hydroxyl groups excluding tert-OH is 1. The predicted octanol–water partition coefficient (Wildman–Crippen LogP) is 4.28. The second-order valence-electron chi connectivity index (χ2n) is 10.3. The van der Waals surface area contributed by atoms with Crippen LogP contribution in [0, 0.1) is 11.8 Å². The summed E-state index contributed by atoms with van der Waals surface area (Å²) in [5, 5.41) is 9.54. The molecule has 3 fully saturated rings. The fourth-order valence-electron chi connectivity index (χ4n) is 6.26. The summed E-state index contributed by atoms with van der Waals surface area (Å²) >= 11 is 10.2. The van der Waals surface area contributed by atoms with Crippen LogP contribution in [0.3, 0.4) is 0 Å². The Morgan fingerprint density at radius 2 is 1.97 bits per heavy atom. The average molecular weight is 624 g/mol. The number of ether oxygens (including phenoxy) is 2. The van der Waals surface area contributed by atoms with Crippen LogP contribution in [0.4, 0.5) is 5.69 Å². The van der Waals surface area contributed by atoms with Gasteiger partial charge in [-0.05, 0) is 37.8 Å². The molecule has 8 nitrogen and oxygen atoms in total. The standard InChI is InChI=1S/C29H36BrClN2O6/c1-3-5-17-38-28(37)22-23-26(35)33(15-10-6-7-11-16-34)25(29(23)18-19(30)24(22)39-29)27(36)32(14-4-2)21-13-9-8-12-20(21)31/h3-4,8-9,12-13,19,22-25,34H,1-2,5-7,10-11,14-18H2/t19?,22-,23+,24-,25?,29?/m1/s1. The molecule has 3 saturated heterocycles. The van der Waals surface area contributed by atoms with Crippen LogP contribution in [0.25, 0.3) is 0 Å². The predicted molar refractivity (Wildman–Crippen MR) is 153 cm³/mol. The average Bonchev–Trinajstić information content (AvgIpc) is 3.51. The monoisotopic (exact) mass is 622 g/mol. The number of carbonyl (C=O) groups is 3. The maximum Gasteiger partial charge on any atom is 0.312 e. The molecule has 6 atom stereocenters. The minimum atomic E-state index is -1.18. The molecule has 0 saturated carbocycles. The normalized spacial score (nSPS) is 28.8. The number of alkyl halides is 1. The van der Waals surface area contributed by atoms with Gasteiger partial charge in [0, 0.05) is 24.5 Å². The molecular formula is C29H36BrClN2O6. The van der Waals surface area contributed by atoms with E-state index in [4.69, 9.17) is 26.2 Å². The van der Waals surface area contributed by atoms with Crippen molar-refractivity contribution < 1.29 is 29.0 Å². The van der Waals surface area contributed by atoms with E-state index in [1.807, 2.05) is 0 Å². The topological polar surface area (TPSA) is 96.4 Å². The number of anilines is 1. The number of hydrogen-bond donors (Lipinski definition) is 1. The first-order valence-electron chi connectivity index (χ1n) is 13.5. The van der Waals surface area contributed by atoms with Crippen molar-refractivity contribution in [2.45, 2.75) is 61.1 Å². The quantitative estimate of drug-likeness (QED) is 0.144. The molecule has 2 amide bonds. The van der Waals surface area contributed by atoms with Gasteiger partial charge in [0.2, 0.25) is 5.91 Å². The van der Waals surface area contributed by atoms with Gasteiger partial charge in [-0.3, -0.25) is 14.4 Å². The molecule has 1 aromatic rings. The van der Waals surface area contributed by atoms with Gasteiger partial charge in [0.1, 0.15) is 11.6 Å². The van der Waals surface area contributed by atoms with Crippen LogP contribution in [0.2, 0.25) is 5.02 Å². The van der Waals surface area contributed by atoms with Gasteiger partial charge < -0.3 is 24.4 Å². The number of halogens is 2. The molecule has 1 spiro atoms. The third-order valence-corrected chi connectivity index (χ3v) is 9.05. The van der Waals surface area contributed by atoms with Crippen LogP contribution in [0.15, 0.2) is 49.6 Å². The fourth-order valence-corrected chi connectivity index (χ4v) is 7.44. The van der Waals surface area contributed by atoms with Crippen LogP contribution >= 0.6 is 27.5 Å². The molecule has 39 heavy (non-hydrogen) atoms. The third-order valence-electron chi connectivity index (χ3n) is 7.89. The van der Waals surface area contributed by atoms with Gasteiger partial charge in [-0.2, -0.15) is 0 Å². The second kappa shape index (κ2) is 13.0. The second-order valence-corrected chi connectivity index (χ2v) is 11.9. The van der Waals surface area contributed by atoms with Crippen LogP contribution in [0.5, 0.6) is 0 Å². The van der Waals surface area contributed by atoms with Crippen LogP contribution < -0.4 is 4.90 Å². The minimum absolute atomic E-state index is 0.112. The number of hydrogen-bond acceptors (Lipinski definition) is 6. The van der Waals surface area contributed by atoms with E-state index >= 15 is 0 Å². The number of fused-ring (bicyclic) bond motifs is 1. The van der Waals surface area contributed by atoms with E-state index in [1.165, 1.54) is 0 Å². The number of esters is 1. The first kappa shape index (κ1) is 29.8. The molecule has 3 aliphatic heterocycles. The maximum absolute atomic E-state index is 14.5. The van der Waals surface area contributed by atoms with E-state index in [9.17, 15) is 14.4 Å². The lowest BCUT2D eigenvalue weighted by Crippen LogP contribution is -2.57. The van der Waals surface area contributed by atoms with Gasteiger partial charge in [0.25, 0.3) is 5.91 Å². The molecule has 0 aliphatic carbocycles. The maximum atomic E-state index is 14.5. The zero-order valence-electron chi connectivity index (χ0n) is 22.0. The number of aliphatic hydroxyl groups is 1. The number of carbonyl (C=O) groups excluding carboxylic acids is 3. The molecule has 2 bridgehead atoms. The third kappa shape index (κ3) is 5.56. The van der Waals surface area contributed by atoms with Crippen LogP contribution in [-0.4, -0.2) is 76.7 Å². The smallest absolute Gasteiger partial charge is 0.312 e. The van der Waals surface area contributed by atoms with Gasteiger partial charge in [-0.25, -0.2) is 0 Å². The zero-order valence-corrected chi connectivity index (χ0v) is 24.3. The highest BCUT2D eigenvalue weighted by Gasteiger charge is 2.77. The first-order chi connectivity index (χ1) is 18.8. The molecule has 3 aliphatic rings. The Labute approximate surface area is 243 Å². The van der Waals surface area contributed by atoms with E-state index < -0.39 is 35.6 Å². The van der Waals surface area contributed by atoms with Crippen molar-refractivity contribution in [3.63, 3.8) is 0 Å². The molecule has 0 radical (unpaired) electrons. The Bertz CT molecular complexity index is 1100. The SMILES string of the molecule is C=CCCOC(=O)[C@H]1[C@@H]2OC3(CC2Br)C(C(=O)N(CC=C)c2ccccc2Cl)N(CCCCCCO)C(=O)[C@H]13. The molecule has 10 heteroatoms. The fraction of sp³-hybridized carbons (Fsp3) is 0.552. The summed E-state index contributed by atoms with van der Waals surface area (Å²) in [4.78, 5) is 44.8. The lowest BCUT2D eigenvalue weighted by molar-refractivity contribution is -0.154. The van der Waals surface area contributed by atoms with E-state index in [-0.39, 0.29) is 36.4 Å². The molecule has 1 aromatic carbocycles. The van der Waals surface area contributed by atoms with Gasteiger partial charge in [0.05, 0.1) is 35.3 Å². The van der Waals surface area contributed by atoms with Crippen molar-refractivity contribution in [1.82, 2.24) is 4.90 Å². The Kier molecular flexibility index (Phi) is 9.91. The minimum Gasteiger partial charge on any atom is -0.465 e. The zero-order chi connectivity index (χ0) is 28.2. The Hall–Kier alpha value is -2.20. The summed E-state index contributed by atoms with van der Waals surface area (Å²) in [5.41, 5.74) is -0.663. The number of benzene rings is 1. The number of amides is 2. The molecule has 3 unspecified atom stereocenters. The number of nitrogens with zero attached hydrogens (tertiary/aromatic N) is 2. The number of likely N-dealkylation sites (tertiary alicyclic amines) is 1. The molecule has 1 N–H and O–H groups in total. The van der Waals surface area contributed by atoms with Crippen molar-refractivity contribution in [2.75, 3.05) is 31.2 Å². The highest BCUT2D eigenvalue weighted by atomic mass is 79.9. The van der Waals surface area contributed by atoms with Crippen LogP contribution in [-0.2, 0) is 23.9 Å². The van der Waals surface area contributed by atoms with Crippen molar-refractivity contribution in [3.8, 4) is 0 Å². The number of para-hydroxylation sites is 1. The van der Waals surface area contributed by atoms with Crippen LogP contribution in [0.1, 0.15) is 38.5 Å². The molecule has 3 heterocycles. The molecular weight excluding hydrogens is 588 g/mol. The highest BCUT2D eigenvalue weighted by Crippen LogP contribution is 2.60. The summed E-state index contributed by atoms with van der Waals surface area (Å²) in [7, 11) is 0. The lowest BCUT2D eigenvalue weighted by Gasteiger charge is -2.37. The molecule has 212 valence electrons. The summed E-state index contributed by atoms with van der Waals surface area (Å²) < 4.78 is 12.1. The van der Waals surface area contributed by atoms with Crippen molar-refractivity contribution in [3.05, 3.63) is 54.6 Å². The summed E-state index contributed by atoms with van der Waals surface area (Å²) in [6, 6.07) is 6.11. The van der Waals surface area contributed by atoms with Gasteiger partial charge in [0.15, 0.2) is 0 Å². The van der Waals surface area contributed by atoms with E-state index in [0.717, 1.165) is 12.8 Å². The van der Waals surface area contributed by atoms with Gasteiger partial charge in [-0.15, -0.1) is 13.2 Å².